The molecule has 4 unspecified atom stereocenters. The van der Waals surface area contributed by atoms with Gasteiger partial charge in [0.2, 0.25) is 0 Å². The van der Waals surface area contributed by atoms with Crippen LogP contribution in [0.4, 0.5) is 4.79 Å². The molecular weight excluding hydrogens is 260 g/mol. The minimum absolute atomic E-state index is 0.0181. The summed E-state index contributed by atoms with van der Waals surface area (Å²) in [6.07, 6.45) is 2.30. The molecular formula is C14H24N2O4. The number of nitrogens with one attached hydrogen (secondary N) is 2. The van der Waals surface area contributed by atoms with Crippen molar-refractivity contribution in [2.24, 2.45) is 5.92 Å². The van der Waals surface area contributed by atoms with Crippen LogP contribution in [0.25, 0.3) is 0 Å². The van der Waals surface area contributed by atoms with Gasteiger partial charge < -0.3 is 14.8 Å². The SMILES string of the molecule is COC(=O)C1CC2CCC(NC(=O)OC(C)(C)C)C2N1. The van der Waals surface area contributed by atoms with Gasteiger partial charge in [0, 0.05) is 12.1 Å². The van der Waals surface area contributed by atoms with Crippen molar-refractivity contribution in [2.45, 2.75) is 63.8 Å². The number of alkyl carbamates (subject to hydrolysis) is 1. The zero-order valence-electron chi connectivity index (χ0n) is 12.6. The number of fused-ring (bicyclic) bond motifs is 1. The van der Waals surface area contributed by atoms with Crippen LogP contribution in [0.2, 0.25) is 0 Å². The van der Waals surface area contributed by atoms with Gasteiger partial charge in [0.05, 0.1) is 7.11 Å². The van der Waals surface area contributed by atoms with Crippen molar-refractivity contribution < 1.29 is 19.1 Å². The van der Waals surface area contributed by atoms with Crippen LogP contribution in [-0.2, 0) is 14.3 Å². The Balaban J connectivity index is 1.89. The van der Waals surface area contributed by atoms with Gasteiger partial charge in [0.25, 0.3) is 0 Å². The number of carbonyl (C=O) groups excluding carboxylic acids is 2. The highest BCUT2D eigenvalue weighted by Crippen LogP contribution is 2.35. The summed E-state index contributed by atoms with van der Waals surface area (Å²) in [5.41, 5.74) is -0.500. The fourth-order valence-electron chi connectivity index (χ4n) is 3.13. The lowest BCUT2D eigenvalue weighted by Crippen LogP contribution is -2.49. The molecule has 2 aliphatic rings. The summed E-state index contributed by atoms with van der Waals surface area (Å²) in [7, 11) is 1.40. The number of carbonyl (C=O) groups is 2. The molecule has 0 aromatic rings. The minimum atomic E-state index is -0.500. The Morgan fingerprint density at radius 3 is 2.55 bits per heavy atom. The molecule has 1 heterocycles. The second-order valence-corrected chi connectivity index (χ2v) is 6.59. The van der Waals surface area contributed by atoms with E-state index in [-0.39, 0.29) is 24.1 Å². The van der Waals surface area contributed by atoms with E-state index < -0.39 is 11.7 Å². The molecule has 1 aliphatic carbocycles. The maximum absolute atomic E-state index is 11.8. The second-order valence-electron chi connectivity index (χ2n) is 6.59. The van der Waals surface area contributed by atoms with E-state index >= 15 is 0 Å². The lowest BCUT2D eigenvalue weighted by Gasteiger charge is -2.25. The number of methoxy groups -OCH3 is 1. The van der Waals surface area contributed by atoms with Gasteiger partial charge in [0.1, 0.15) is 11.6 Å². The molecule has 2 rings (SSSR count). The lowest BCUT2D eigenvalue weighted by atomic mass is 10.0. The van der Waals surface area contributed by atoms with Crippen molar-refractivity contribution in [2.75, 3.05) is 7.11 Å². The predicted octanol–water partition coefficient (Wildman–Crippen LogP) is 1.19. The van der Waals surface area contributed by atoms with Gasteiger partial charge in [-0.2, -0.15) is 0 Å². The Labute approximate surface area is 119 Å². The molecule has 114 valence electrons. The van der Waals surface area contributed by atoms with E-state index in [1.165, 1.54) is 7.11 Å². The van der Waals surface area contributed by atoms with Gasteiger partial charge in [-0.25, -0.2) is 4.79 Å². The van der Waals surface area contributed by atoms with E-state index in [9.17, 15) is 9.59 Å². The third kappa shape index (κ3) is 3.42. The van der Waals surface area contributed by atoms with Crippen LogP contribution < -0.4 is 10.6 Å². The van der Waals surface area contributed by atoms with E-state index in [0.29, 0.717) is 5.92 Å². The molecule has 1 aliphatic heterocycles. The summed E-state index contributed by atoms with van der Waals surface area (Å²) >= 11 is 0. The monoisotopic (exact) mass is 284 g/mol. The average Bonchev–Trinajstić information content (AvgIpc) is 2.88. The van der Waals surface area contributed by atoms with Crippen LogP contribution in [0.5, 0.6) is 0 Å². The molecule has 6 heteroatoms. The fourth-order valence-corrected chi connectivity index (χ4v) is 3.13. The standard InChI is InChI=1S/C14H24N2O4/c1-14(2,3)20-13(18)16-9-6-5-8-7-10(12(17)19-4)15-11(8)9/h8-11,15H,5-7H2,1-4H3,(H,16,18). The van der Waals surface area contributed by atoms with Crippen LogP contribution in [0.15, 0.2) is 0 Å². The van der Waals surface area contributed by atoms with Crippen LogP contribution in [0, 0.1) is 5.92 Å². The molecule has 2 N–H and O–H groups in total. The van der Waals surface area contributed by atoms with E-state index in [2.05, 4.69) is 10.6 Å². The zero-order chi connectivity index (χ0) is 14.9. The van der Waals surface area contributed by atoms with Crippen LogP contribution in [0.3, 0.4) is 0 Å². The minimum Gasteiger partial charge on any atom is -0.468 e. The topological polar surface area (TPSA) is 76.7 Å². The van der Waals surface area contributed by atoms with Gasteiger partial charge in [-0.3, -0.25) is 10.1 Å². The van der Waals surface area contributed by atoms with Crippen molar-refractivity contribution in [1.29, 1.82) is 0 Å². The van der Waals surface area contributed by atoms with Crippen molar-refractivity contribution >= 4 is 12.1 Å². The molecule has 1 amide bonds. The largest absolute Gasteiger partial charge is 0.468 e. The second kappa shape index (κ2) is 5.60. The highest BCUT2D eigenvalue weighted by Gasteiger charge is 2.46. The third-order valence-electron chi connectivity index (χ3n) is 3.91. The summed E-state index contributed by atoms with van der Waals surface area (Å²) in [6.45, 7) is 5.52. The first-order valence-corrected chi connectivity index (χ1v) is 7.13. The van der Waals surface area contributed by atoms with Gasteiger partial charge in [-0.15, -0.1) is 0 Å². The number of hydrogen-bond acceptors (Lipinski definition) is 5. The first-order valence-electron chi connectivity index (χ1n) is 7.13. The van der Waals surface area contributed by atoms with Crippen molar-refractivity contribution in [3.05, 3.63) is 0 Å². The quantitative estimate of drug-likeness (QED) is 0.745. The molecule has 4 atom stereocenters. The first kappa shape index (κ1) is 15.1. The third-order valence-corrected chi connectivity index (χ3v) is 3.91. The summed E-state index contributed by atoms with van der Waals surface area (Å²) in [4.78, 5) is 23.4. The molecule has 0 aromatic heterocycles. The zero-order valence-corrected chi connectivity index (χ0v) is 12.6. The van der Waals surface area contributed by atoms with Crippen molar-refractivity contribution in [3.63, 3.8) is 0 Å². The van der Waals surface area contributed by atoms with Gasteiger partial charge in [-0.05, 0) is 46.0 Å². The Kier molecular flexibility index (Phi) is 4.22. The molecule has 0 aromatic carbocycles. The Bertz CT molecular complexity index is 391. The molecule has 2 fully saturated rings. The summed E-state index contributed by atoms with van der Waals surface area (Å²) in [5.74, 6) is 0.189. The number of rotatable bonds is 2. The molecule has 6 nitrogen and oxygen atoms in total. The van der Waals surface area contributed by atoms with Crippen molar-refractivity contribution in [3.8, 4) is 0 Å². The van der Waals surface area contributed by atoms with Crippen LogP contribution in [0.1, 0.15) is 40.0 Å². The van der Waals surface area contributed by atoms with Crippen LogP contribution >= 0.6 is 0 Å². The highest BCUT2D eigenvalue weighted by molar-refractivity contribution is 5.76. The van der Waals surface area contributed by atoms with Gasteiger partial charge in [0.15, 0.2) is 0 Å². The lowest BCUT2D eigenvalue weighted by molar-refractivity contribution is -0.142. The fraction of sp³-hybridized carbons (Fsp3) is 0.857. The van der Waals surface area contributed by atoms with Crippen molar-refractivity contribution in [1.82, 2.24) is 10.6 Å². The van der Waals surface area contributed by atoms with E-state index in [4.69, 9.17) is 9.47 Å². The van der Waals surface area contributed by atoms with Crippen LogP contribution in [-0.4, -0.2) is 42.9 Å². The molecule has 0 spiro atoms. The number of esters is 1. The summed E-state index contributed by atoms with van der Waals surface area (Å²) in [5, 5.41) is 6.19. The van der Waals surface area contributed by atoms with Gasteiger partial charge in [-0.1, -0.05) is 0 Å². The number of ether oxygens (including phenoxy) is 2. The molecule has 1 saturated heterocycles. The molecule has 0 radical (unpaired) electrons. The summed E-state index contributed by atoms with van der Waals surface area (Å²) < 4.78 is 10.0. The normalized spacial score (nSPS) is 32.6. The maximum atomic E-state index is 11.8. The van der Waals surface area contributed by atoms with E-state index in [1.807, 2.05) is 20.8 Å². The Morgan fingerprint density at radius 2 is 1.95 bits per heavy atom. The molecule has 20 heavy (non-hydrogen) atoms. The van der Waals surface area contributed by atoms with Gasteiger partial charge >= 0.3 is 12.1 Å². The molecule has 1 saturated carbocycles. The Hall–Kier alpha value is -1.30. The Morgan fingerprint density at radius 1 is 1.25 bits per heavy atom. The highest BCUT2D eigenvalue weighted by atomic mass is 16.6. The van der Waals surface area contributed by atoms with E-state index in [1.54, 1.807) is 0 Å². The smallest absolute Gasteiger partial charge is 0.407 e. The average molecular weight is 284 g/mol. The number of amides is 1. The molecule has 0 bridgehead atoms. The summed E-state index contributed by atoms with van der Waals surface area (Å²) in [6, 6.07) is -0.102. The maximum Gasteiger partial charge on any atom is 0.407 e. The van der Waals surface area contributed by atoms with E-state index in [0.717, 1.165) is 19.3 Å². The predicted molar refractivity (Wildman–Crippen MR) is 73.2 cm³/mol. The number of hydrogen-bond donors (Lipinski definition) is 2. The first-order chi connectivity index (χ1) is 9.30.